The molecular formula is C13H27NO2. The van der Waals surface area contributed by atoms with Crippen LogP contribution in [0.2, 0.25) is 0 Å². The Labute approximate surface area is 99.6 Å². The number of hydrogen-bond donors (Lipinski definition) is 2. The molecule has 0 saturated heterocycles. The normalized spacial score (nSPS) is 27.0. The van der Waals surface area contributed by atoms with Gasteiger partial charge in [-0.25, -0.2) is 0 Å². The molecule has 1 aliphatic rings. The summed E-state index contributed by atoms with van der Waals surface area (Å²) in [5, 5.41) is 12.6. The smallest absolute Gasteiger partial charge is 0.0572 e. The summed E-state index contributed by atoms with van der Waals surface area (Å²) in [5.41, 5.74) is 0.201. The zero-order chi connectivity index (χ0) is 12.0. The minimum atomic E-state index is 0.201. The van der Waals surface area contributed by atoms with E-state index in [4.69, 9.17) is 9.84 Å². The Morgan fingerprint density at radius 1 is 1.25 bits per heavy atom. The fourth-order valence-electron chi connectivity index (χ4n) is 2.31. The molecule has 0 aromatic carbocycles. The summed E-state index contributed by atoms with van der Waals surface area (Å²) in [7, 11) is 1.81. The van der Waals surface area contributed by atoms with Gasteiger partial charge < -0.3 is 15.2 Å². The van der Waals surface area contributed by atoms with Crippen molar-refractivity contribution in [3.63, 3.8) is 0 Å². The van der Waals surface area contributed by atoms with E-state index in [1.54, 1.807) is 0 Å². The van der Waals surface area contributed by atoms with Crippen LogP contribution < -0.4 is 5.32 Å². The Bertz CT molecular complexity index is 186. The maximum absolute atomic E-state index is 8.96. The summed E-state index contributed by atoms with van der Waals surface area (Å²) in [6.07, 6.45) is 6.13. The van der Waals surface area contributed by atoms with Gasteiger partial charge in [0.25, 0.3) is 0 Å². The van der Waals surface area contributed by atoms with E-state index in [2.05, 4.69) is 19.2 Å². The van der Waals surface area contributed by atoms with E-state index in [-0.39, 0.29) is 12.0 Å². The molecule has 0 radical (unpaired) electrons. The Morgan fingerprint density at radius 3 is 2.38 bits per heavy atom. The van der Waals surface area contributed by atoms with E-state index in [0.29, 0.717) is 12.1 Å². The van der Waals surface area contributed by atoms with Crippen LogP contribution in [0.1, 0.15) is 46.0 Å². The van der Waals surface area contributed by atoms with E-state index in [0.717, 1.165) is 13.0 Å². The maximum Gasteiger partial charge on any atom is 0.0572 e. The van der Waals surface area contributed by atoms with Gasteiger partial charge in [0.05, 0.1) is 6.10 Å². The zero-order valence-electron chi connectivity index (χ0n) is 11.0. The van der Waals surface area contributed by atoms with E-state index in [1.807, 2.05) is 7.11 Å². The van der Waals surface area contributed by atoms with Crippen LogP contribution >= 0.6 is 0 Å². The molecule has 0 atom stereocenters. The van der Waals surface area contributed by atoms with Crippen LogP contribution in [0, 0.1) is 5.41 Å². The summed E-state index contributed by atoms with van der Waals surface area (Å²) < 4.78 is 5.36. The van der Waals surface area contributed by atoms with Crippen LogP contribution in [0.4, 0.5) is 0 Å². The predicted molar refractivity (Wildman–Crippen MR) is 66.5 cm³/mol. The van der Waals surface area contributed by atoms with Gasteiger partial charge >= 0.3 is 0 Å². The first-order valence-electron chi connectivity index (χ1n) is 6.44. The molecular weight excluding hydrogens is 202 g/mol. The number of nitrogens with one attached hydrogen (secondary N) is 1. The molecule has 2 N–H and O–H groups in total. The van der Waals surface area contributed by atoms with Gasteiger partial charge in [-0.15, -0.1) is 0 Å². The minimum absolute atomic E-state index is 0.201. The summed E-state index contributed by atoms with van der Waals surface area (Å²) in [5.74, 6) is 0. The van der Waals surface area contributed by atoms with Crippen molar-refractivity contribution in [2.45, 2.75) is 58.1 Å². The lowest BCUT2D eigenvalue weighted by molar-refractivity contribution is 0.0609. The van der Waals surface area contributed by atoms with Crippen molar-refractivity contribution in [1.82, 2.24) is 5.32 Å². The third-order valence-electron chi connectivity index (χ3n) is 3.67. The van der Waals surface area contributed by atoms with Crippen molar-refractivity contribution in [2.24, 2.45) is 5.41 Å². The molecule has 0 aromatic rings. The van der Waals surface area contributed by atoms with E-state index in [9.17, 15) is 0 Å². The van der Waals surface area contributed by atoms with Crippen LogP contribution in [0.15, 0.2) is 0 Å². The number of rotatable bonds is 6. The van der Waals surface area contributed by atoms with Gasteiger partial charge in [0.2, 0.25) is 0 Å². The first-order valence-corrected chi connectivity index (χ1v) is 6.44. The largest absolute Gasteiger partial charge is 0.396 e. The van der Waals surface area contributed by atoms with Crippen molar-refractivity contribution in [3.8, 4) is 0 Å². The van der Waals surface area contributed by atoms with Gasteiger partial charge in [0.1, 0.15) is 0 Å². The van der Waals surface area contributed by atoms with Crippen molar-refractivity contribution in [3.05, 3.63) is 0 Å². The van der Waals surface area contributed by atoms with Crippen molar-refractivity contribution < 1.29 is 9.84 Å². The van der Waals surface area contributed by atoms with Gasteiger partial charge in [-0.3, -0.25) is 0 Å². The molecule has 0 aliphatic heterocycles. The van der Waals surface area contributed by atoms with Gasteiger partial charge in [0, 0.05) is 26.3 Å². The fraction of sp³-hybridized carbons (Fsp3) is 1.00. The van der Waals surface area contributed by atoms with Gasteiger partial charge in [-0.05, 0) is 37.5 Å². The average molecular weight is 229 g/mol. The topological polar surface area (TPSA) is 41.5 Å². The third-order valence-corrected chi connectivity index (χ3v) is 3.67. The van der Waals surface area contributed by atoms with Crippen molar-refractivity contribution >= 4 is 0 Å². The highest BCUT2D eigenvalue weighted by Crippen LogP contribution is 2.23. The lowest BCUT2D eigenvalue weighted by atomic mass is 9.87. The van der Waals surface area contributed by atoms with Crippen LogP contribution in [0.5, 0.6) is 0 Å². The molecule has 1 fully saturated rings. The summed E-state index contributed by atoms with van der Waals surface area (Å²) >= 11 is 0. The van der Waals surface area contributed by atoms with Crippen molar-refractivity contribution in [2.75, 3.05) is 20.3 Å². The minimum Gasteiger partial charge on any atom is -0.396 e. The Hall–Kier alpha value is -0.120. The lowest BCUT2D eigenvalue weighted by Crippen LogP contribution is -2.40. The second-order valence-electron chi connectivity index (χ2n) is 5.73. The summed E-state index contributed by atoms with van der Waals surface area (Å²) in [6.45, 7) is 5.69. The van der Waals surface area contributed by atoms with Crippen LogP contribution in [-0.4, -0.2) is 37.5 Å². The molecule has 0 bridgehead atoms. The number of aliphatic hydroxyl groups excluding tert-OH is 1. The molecule has 16 heavy (non-hydrogen) atoms. The second kappa shape index (κ2) is 6.58. The predicted octanol–water partition coefficient (Wildman–Crippen LogP) is 1.94. The number of ether oxygens (including phenoxy) is 1. The molecule has 0 amide bonds. The maximum atomic E-state index is 8.96. The highest BCUT2D eigenvalue weighted by Gasteiger charge is 2.23. The fourth-order valence-corrected chi connectivity index (χ4v) is 2.31. The molecule has 3 nitrogen and oxygen atoms in total. The zero-order valence-corrected chi connectivity index (χ0v) is 11.0. The molecule has 3 heteroatoms. The molecule has 0 unspecified atom stereocenters. The molecule has 0 heterocycles. The third kappa shape index (κ3) is 4.81. The molecule has 1 aliphatic carbocycles. The van der Waals surface area contributed by atoms with E-state index >= 15 is 0 Å². The first kappa shape index (κ1) is 13.9. The molecule has 0 aromatic heterocycles. The van der Waals surface area contributed by atoms with Crippen LogP contribution in [-0.2, 0) is 4.74 Å². The summed E-state index contributed by atoms with van der Waals surface area (Å²) in [6, 6.07) is 0.643. The quantitative estimate of drug-likeness (QED) is 0.731. The van der Waals surface area contributed by atoms with E-state index < -0.39 is 0 Å². The van der Waals surface area contributed by atoms with Gasteiger partial charge in [-0.1, -0.05) is 13.8 Å². The first-order chi connectivity index (χ1) is 7.57. The van der Waals surface area contributed by atoms with Crippen LogP contribution in [0.25, 0.3) is 0 Å². The Kier molecular flexibility index (Phi) is 5.73. The Morgan fingerprint density at radius 2 is 1.88 bits per heavy atom. The molecule has 1 saturated carbocycles. The monoisotopic (exact) mass is 229 g/mol. The Balaban J connectivity index is 2.19. The number of methoxy groups -OCH3 is 1. The number of aliphatic hydroxyl groups is 1. The molecule has 96 valence electrons. The molecule has 0 spiro atoms. The standard InChI is InChI=1S/C13H27NO2/c1-13(2,8-9-15)10-14-11-4-6-12(16-3)7-5-11/h11-12,14-15H,4-10H2,1-3H3. The summed E-state index contributed by atoms with van der Waals surface area (Å²) in [4.78, 5) is 0. The van der Waals surface area contributed by atoms with Gasteiger partial charge in [-0.2, -0.15) is 0 Å². The highest BCUT2D eigenvalue weighted by atomic mass is 16.5. The SMILES string of the molecule is COC1CCC(NCC(C)(C)CCO)CC1. The van der Waals surface area contributed by atoms with Crippen LogP contribution in [0.3, 0.4) is 0 Å². The van der Waals surface area contributed by atoms with E-state index in [1.165, 1.54) is 25.7 Å². The van der Waals surface area contributed by atoms with Gasteiger partial charge in [0.15, 0.2) is 0 Å². The average Bonchev–Trinajstić information content (AvgIpc) is 2.27. The van der Waals surface area contributed by atoms with Crippen molar-refractivity contribution in [1.29, 1.82) is 0 Å². The lowest BCUT2D eigenvalue weighted by Gasteiger charge is -2.32. The number of hydrogen-bond acceptors (Lipinski definition) is 3. The molecule has 1 rings (SSSR count). The highest BCUT2D eigenvalue weighted by molar-refractivity contribution is 4.80. The second-order valence-corrected chi connectivity index (χ2v) is 5.73.